The molecule has 7 nitrogen and oxygen atoms in total. The van der Waals surface area contributed by atoms with Gasteiger partial charge in [0.05, 0.1) is 10.6 Å². The van der Waals surface area contributed by atoms with E-state index in [0.29, 0.717) is 10.7 Å². The molecule has 0 aliphatic rings. The SMILES string of the molecule is O=[N+]([O-])c1c(Cl)ncnc1Nc1ccc(-c2csc(-c3ccc(Cl)cc3)n2)cc1. The van der Waals surface area contributed by atoms with Crippen molar-refractivity contribution >= 4 is 51.7 Å². The summed E-state index contributed by atoms with van der Waals surface area (Å²) in [6, 6.07) is 14.8. The van der Waals surface area contributed by atoms with Crippen molar-refractivity contribution in [3.8, 4) is 21.8 Å². The number of rotatable bonds is 5. The van der Waals surface area contributed by atoms with Gasteiger partial charge in [-0.25, -0.2) is 15.0 Å². The van der Waals surface area contributed by atoms with E-state index in [2.05, 4.69) is 20.3 Å². The molecular weight excluding hydrogens is 433 g/mol. The minimum absolute atomic E-state index is 0.0291. The molecule has 144 valence electrons. The van der Waals surface area contributed by atoms with Crippen LogP contribution in [0.5, 0.6) is 0 Å². The summed E-state index contributed by atoms with van der Waals surface area (Å²) in [6.45, 7) is 0. The summed E-state index contributed by atoms with van der Waals surface area (Å²) in [7, 11) is 0. The highest BCUT2D eigenvalue weighted by Crippen LogP contribution is 2.32. The molecular formula is C19H11Cl2N5O2S. The summed E-state index contributed by atoms with van der Waals surface area (Å²) in [4.78, 5) is 22.8. The van der Waals surface area contributed by atoms with Crippen LogP contribution in [0, 0.1) is 10.1 Å². The lowest BCUT2D eigenvalue weighted by molar-refractivity contribution is -0.384. The zero-order chi connectivity index (χ0) is 20.4. The Morgan fingerprint density at radius 1 is 0.966 bits per heavy atom. The first kappa shape index (κ1) is 19.3. The van der Waals surface area contributed by atoms with Crippen LogP contribution in [0.2, 0.25) is 10.2 Å². The number of benzene rings is 2. The zero-order valence-corrected chi connectivity index (χ0v) is 16.9. The normalized spacial score (nSPS) is 10.7. The van der Waals surface area contributed by atoms with Gasteiger partial charge >= 0.3 is 5.69 Å². The number of anilines is 2. The standard InChI is InChI=1S/C19H11Cl2N5O2S/c20-13-5-1-12(2-6-13)19-25-15(9-29-19)11-3-7-14(8-4-11)24-18-16(26(27)28)17(21)22-10-23-18/h1-10H,(H,22,23,24). The van der Waals surface area contributed by atoms with E-state index < -0.39 is 4.92 Å². The molecule has 0 saturated heterocycles. The molecule has 0 amide bonds. The number of hydrogen-bond donors (Lipinski definition) is 1. The second-order valence-corrected chi connectivity index (χ2v) is 7.52. The van der Waals surface area contributed by atoms with Crippen LogP contribution in [-0.4, -0.2) is 19.9 Å². The maximum Gasteiger partial charge on any atom is 0.348 e. The zero-order valence-electron chi connectivity index (χ0n) is 14.5. The summed E-state index contributed by atoms with van der Waals surface area (Å²) in [5.74, 6) is 0.0291. The number of halogens is 2. The highest BCUT2D eigenvalue weighted by molar-refractivity contribution is 7.13. The summed E-state index contributed by atoms with van der Waals surface area (Å²) >= 11 is 13.3. The van der Waals surface area contributed by atoms with Gasteiger partial charge in [-0.1, -0.05) is 47.5 Å². The van der Waals surface area contributed by atoms with Crippen LogP contribution in [0.1, 0.15) is 0 Å². The Balaban J connectivity index is 1.56. The Morgan fingerprint density at radius 3 is 2.34 bits per heavy atom. The summed E-state index contributed by atoms with van der Waals surface area (Å²) in [6.07, 6.45) is 1.17. The van der Waals surface area contributed by atoms with E-state index in [-0.39, 0.29) is 16.7 Å². The van der Waals surface area contributed by atoms with Crippen molar-refractivity contribution in [3.05, 3.63) is 80.5 Å². The Bertz CT molecular complexity index is 1180. The molecule has 0 aliphatic carbocycles. The second kappa shape index (κ2) is 8.12. The third-order valence-electron chi connectivity index (χ3n) is 4.00. The van der Waals surface area contributed by atoms with Gasteiger partial charge in [0.1, 0.15) is 11.3 Å². The Kier molecular flexibility index (Phi) is 5.39. The van der Waals surface area contributed by atoms with Gasteiger partial charge in [-0.3, -0.25) is 10.1 Å². The third-order valence-corrected chi connectivity index (χ3v) is 5.42. The molecule has 0 saturated carbocycles. The van der Waals surface area contributed by atoms with Crippen LogP contribution < -0.4 is 5.32 Å². The summed E-state index contributed by atoms with van der Waals surface area (Å²) < 4.78 is 0. The van der Waals surface area contributed by atoms with E-state index >= 15 is 0 Å². The average Bonchev–Trinajstić information content (AvgIpc) is 3.19. The van der Waals surface area contributed by atoms with Crippen LogP contribution in [0.4, 0.5) is 17.2 Å². The second-order valence-electron chi connectivity index (χ2n) is 5.87. The van der Waals surface area contributed by atoms with Crippen LogP contribution in [0.25, 0.3) is 21.8 Å². The molecule has 2 heterocycles. The Labute approximate surface area is 179 Å². The molecule has 2 aromatic carbocycles. The van der Waals surface area contributed by atoms with E-state index in [1.165, 1.54) is 6.33 Å². The lowest BCUT2D eigenvalue weighted by Crippen LogP contribution is -2.01. The lowest BCUT2D eigenvalue weighted by atomic mass is 10.1. The van der Waals surface area contributed by atoms with Crippen LogP contribution in [-0.2, 0) is 0 Å². The number of thiazole rings is 1. The summed E-state index contributed by atoms with van der Waals surface area (Å²) in [5.41, 5.74) is 3.01. The van der Waals surface area contributed by atoms with Crippen molar-refractivity contribution in [3.63, 3.8) is 0 Å². The largest absolute Gasteiger partial charge is 0.348 e. The van der Waals surface area contributed by atoms with Gasteiger partial charge < -0.3 is 5.32 Å². The maximum absolute atomic E-state index is 11.2. The van der Waals surface area contributed by atoms with Crippen LogP contribution in [0.15, 0.2) is 60.2 Å². The average molecular weight is 444 g/mol. The molecule has 2 aromatic heterocycles. The number of nitrogens with one attached hydrogen (secondary N) is 1. The molecule has 0 fully saturated rings. The molecule has 0 aliphatic heterocycles. The van der Waals surface area contributed by atoms with Crippen LogP contribution >= 0.6 is 34.5 Å². The van der Waals surface area contributed by atoms with Gasteiger partial charge in [0.15, 0.2) is 0 Å². The van der Waals surface area contributed by atoms with E-state index in [4.69, 9.17) is 23.2 Å². The van der Waals surface area contributed by atoms with Gasteiger partial charge in [-0.15, -0.1) is 11.3 Å². The molecule has 10 heteroatoms. The first-order valence-corrected chi connectivity index (χ1v) is 9.88. The topological polar surface area (TPSA) is 93.8 Å². The number of hydrogen-bond acceptors (Lipinski definition) is 7. The molecule has 0 radical (unpaired) electrons. The molecule has 4 aromatic rings. The van der Waals surface area contributed by atoms with Crippen molar-refractivity contribution in [2.75, 3.05) is 5.32 Å². The van der Waals surface area contributed by atoms with E-state index in [1.54, 1.807) is 23.5 Å². The third kappa shape index (κ3) is 4.19. The maximum atomic E-state index is 11.2. The predicted molar refractivity (Wildman–Crippen MR) is 115 cm³/mol. The number of nitro groups is 1. The van der Waals surface area contributed by atoms with Crippen molar-refractivity contribution in [2.24, 2.45) is 0 Å². The molecule has 4 rings (SSSR count). The molecule has 0 unspecified atom stereocenters. The van der Waals surface area contributed by atoms with E-state index in [1.807, 2.05) is 41.8 Å². The van der Waals surface area contributed by atoms with Crippen molar-refractivity contribution in [1.29, 1.82) is 0 Å². The van der Waals surface area contributed by atoms with Crippen molar-refractivity contribution in [2.45, 2.75) is 0 Å². The predicted octanol–water partition coefficient (Wildman–Crippen LogP) is 6.23. The van der Waals surface area contributed by atoms with Gasteiger partial charge in [0.25, 0.3) is 0 Å². The highest BCUT2D eigenvalue weighted by Gasteiger charge is 2.21. The number of aromatic nitrogens is 3. The molecule has 0 atom stereocenters. The Morgan fingerprint density at radius 2 is 1.66 bits per heavy atom. The smallest absolute Gasteiger partial charge is 0.334 e. The minimum Gasteiger partial charge on any atom is -0.334 e. The number of nitrogens with zero attached hydrogens (tertiary/aromatic N) is 4. The molecule has 1 N–H and O–H groups in total. The van der Waals surface area contributed by atoms with Gasteiger partial charge in [0.2, 0.25) is 11.0 Å². The fourth-order valence-corrected chi connectivity index (χ4v) is 3.77. The Hall–Kier alpha value is -3.07. The van der Waals surface area contributed by atoms with Gasteiger partial charge in [-0.05, 0) is 24.3 Å². The molecule has 29 heavy (non-hydrogen) atoms. The lowest BCUT2D eigenvalue weighted by Gasteiger charge is -2.07. The molecule has 0 bridgehead atoms. The molecule has 0 spiro atoms. The van der Waals surface area contributed by atoms with Crippen molar-refractivity contribution in [1.82, 2.24) is 15.0 Å². The van der Waals surface area contributed by atoms with Crippen molar-refractivity contribution < 1.29 is 4.92 Å². The quantitative estimate of drug-likeness (QED) is 0.223. The minimum atomic E-state index is -0.618. The van der Waals surface area contributed by atoms with E-state index in [9.17, 15) is 10.1 Å². The monoisotopic (exact) mass is 443 g/mol. The first-order chi connectivity index (χ1) is 14.0. The fraction of sp³-hybridized carbons (Fsp3) is 0. The fourth-order valence-electron chi connectivity index (χ4n) is 2.60. The summed E-state index contributed by atoms with van der Waals surface area (Å²) in [5, 5.41) is 17.4. The van der Waals surface area contributed by atoms with E-state index in [0.717, 1.165) is 21.8 Å². The first-order valence-electron chi connectivity index (χ1n) is 8.25. The van der Waals surface area contributed by atoms with Gasteiger partial charge in [-0.2, -0.15) is 0 Å². The highest BCUT2D eigenvalue weighted by atomic mass is 35.5. The van der Waals surface area contributed by atoms with Crippen LogP contribution in [0.3, 0.4) is 0 Å². The van der Waals surface area contributed by atoms with Gasteiger partial charge in [0, 0.05) is 27.2 Å².